The van der Waals surface area contributed by atoms with Gasteiger partial charge in [0.05, 0.1) is 0 Å². The molecule has 0 saturated heterocycles. The number of thiol groups is 1. The lowest BCUT2D eigenvalue weighted by molar-refractivity contribution is 0.0217. The average Bonchev–Trinajstić information content (AvgIpc) is 1.27. The second-order valence-corrected chi connectivity index (χ2v) is 1.56. The predicted molar refractivity (Wildman–Crippen MR) is 27.3 cm³/mol. The van der Waals surface area contributed by atoms with Gasteiger partial charge in [0.15, 0.2) is 0 Å². The molecular weight excluding hydrogens is 138 g/mol. The summed E-state index contributed by atoms with van der Waals surface area (Å²) < 4.78 is 0.377. The predicted octanol–water partition coefficient (Wildman–Crippen LogP) is 0.205. The topological polar surface area (TPSA) is 49.8 Å². The number of hydrogen-bond donors (Lipinski definition) is 2. The van der Waals surface area contributed by atoms with Crippen LogP contribution in [0.25, 0.3) is 0 Å². The maximum Gasteiger partial charge on any atom is 0.524 e. The van der Waals surface area contributed by atoms with Crippen molar-refractivity contribution in [1.82, 2.24) is 3.87 Å². The Morgan fingerprint density at radius 3 is 2.43 bits per heavy atom. The highest BCUT2D eigenvalue weighted by molar-refractivity contribution is 7.85. The highest BCUT2D eigenvalue weighted by Crippen LogP contribution is 1.88. The van der Waals surface area contributed by atoms with Crippen LogP contribution in [0.4, 0.5) is 4.79 Å². The van der Waals surface area contributed by atoms with Crippen molar-refractivity contribution in [1.29, 1.82) is 0 Å². The number of rotatable bonds is 1. The molecule has 0 aromatic heterocycles. The van der Waals surface area contributed by atoms with Crippen LogP contribution in [-0.4, -0.2) is 15.1 Å². The van der Waals surface area contributed by atoms with Crippen LogP contribution in [-0.2, 0) is 17.7 Å². The number of nitrogens with zero attached hydrogens (tertiary/aromatic N) is 1. The standard InChI is InChI=1S/CH2NO3S2/c3-1(4)5-2(6)7/h6H,(H,3,4)/q-1. The Bertz CT molecular complexity index is 73.3. The molecule has 0 radical (unpaired) electrons. The first-order valence-electron chi connectivity index (χ1n) is 1.20. The number of hydrogen-bond acceptors (Lipinski definition) is 5. The van der Waals surface area contributed by atoms with Crippen molar-refractivity contribution in [2.75, 3.05) is 0 Å². The molecule has 0 rings (SSSR count). The molecule has 0 heterocycles. The quantitative estimate of drug-likeness (QED) is 0.309. The molecule has 0 aliphatic carbocycles. The second-order valence-electron chi connectivity index (χ2n) is 0.595. The van der Waals surface area contributed by atoms with Crippen molar-refractivity contribution in [3.05, 3.63) is 0 Å². The lowest BCUT2D eigenvalue weighted by Crippen LogP contribution is -2.09. The lowest BCUT2D eigenvalue weighted by Gasteiger charge is -2.15. The fourth-order valence-electron chi connectivity index (χ4n) is 0.0668. The van der Waals surface area contributed by atoms with E-state index in [1.54, 1.807) is 0 Å². The monoisotopic (exact) mass is 140 g/mol. The van der Waals surface area contributed by atoms with Gasteiger partial charge in [-0.2, -0.15) is 0 Å². The minimum atomic E-state index is -1.47. The van der Waals surface area contributed by atoms with Crippen LogP contribution in [0.15, 0.2) is 0 Å². The molecule has 7 heavy (non-hydrogen) atoms. The molecule has 42 valence electrons. The first-order chi connectivity index (χ1) is 3.13. The van der Waals surface area contributed by atoms with Crippen molar-refractivity contribution in [2.24, 2.45) is 0 Å². The first-order valence-corrected chi connectivity index (χ1v) is 1.96. The van der Waals surface area contributed by atoms with E-state index >= 15 is 0 Å². The molecule has 0 aromatic carbocycles. The van der Waals surface area contributed by atoms with Crippen molar-refractivity contribution >= 4 is 31.8 Å². The van der Waals surface area contributed by atoms with Gasteiger partial charge in [-0.15, -0.1) is 0 Å². The molecule has 0 atom stereocenters. The summed E-state index contributed by atoms with van der Waals surface area (Å²) in [5, 5.41) is 7.70. The van der Waals surface area contributed by atoms with E-state index in [0.29, 0.717) is 3.87 Å². The van der Waals surface area contributed by atoms with Crippen LogP contribution in [0.5, 0.6) is 0 Å². The van der Waals surface area contributed by atoms with Gasteiger partial charge in [0.1, 0.15) is 0 Å². The summed E-state index contributed by atoms with van der Waals surface area (Å²) in [5.74, 6) is 0. The zero-order valence-electron chi connectivity index (χ0n) is 3.07. The largest absolute Gasteiger partial charge is 0.644 e. The van der Waals surface area contributed by atoms with Crippen molar-refractivity contribution in [2.45, 2.75) is 0 Å². The van der Waals surface area contributed by atoms with E-state index in [9.17, 15) is 4.79 Å². The Morgan fingerprint density at radius 1 is 2.00 bits per heavy atom. The van der Waals surface area contributed by atoms with E-state index in [1.165, 1.54) is 0 Å². The molecule has 1 N–H and O–H groups in total. The van der Waals surface area contributed by atoms with Gasteiger partial charge >= 0.3 is 6.16 Å². The van der Waals surface area contributed by atoms with E-state index < -0.39 is 6.16 Å². The molecule has 0 aromatic rings. The van der Waals surface area contributed by atoms with Gasteiger partial charge < -0.3 is 22.8 Å². The van der Waals surface area contributed by atoms with Crippen LogP contribution >= 0.6 is 12.8 Å². The zero-order chi connectivity index (χ0) is 5.86. The van der Waals surface area contributed by atoms with Crippen molar-refractivity contribution < 1.29 is 14.7 Å². The summed E-state index contributed by atoms with van der Waals surface area (Å²) in [4.78, 5) is 13.1. The first kappa shape index (κ1) is 6.93. The van der Waals surface area contributed by atoms with E-state index in [-0.39, 0.29) is 0 Å². The third kappa shape index (κ3) is 5.93. The summed E-state index contributed by atoms with van der Waals surface area (Å²) in [6.45, 7) is 0. The van der Waals surface area contributed by atoms with Gasteiger partial charge in [-0.1, -0.05) is 12.8 Å². The van der Waals surface area contributed by atoms with Crippen molar-refractivity contribution in [3.63, 3.8) is 0 Å². The maximum absolute atomic E-state index is 9.43. The van der Waals surface area contributed by atoms with Crippen LogP contribution in [0.2, 0.25) is 0 Å². The summed E-state index contributed by atoms with van der Waals surface area (Å²) in [5.41, 5.74) is 0. The SMILES string of the molecule is O=C(O)ON([S-])S. The van der Waals surface area contributed by atoms with E-state index in [2.05, 4.69) is 30.5 Å². The van der Waals surface area contributed by atoms with E-state index in [0.717, 1.165) is 0 Å². The molecule has 6 heteroatoms. The van der Waals surface area contributed by atoms with Gasteiger partial charge in [-0.3, -0.25) is 0 Å². The Hall–Kier alpha value is -0.0700. The molecular formula is CH2NO3S2-. The summed E-state index contributed by atoms with van der Waals surface area (Å²) in [6.07, 6.45) is -1.47. The Kier molecular flexibility index (Phi) is 2.97. The fraction of sp³-hybridized carbons (Fsp3) is 0. The maximum atomic E-state index is 9.43. The van der Waals surface area contributed by atoms with Gasteiger partial charge in [-0.05, 0) is 0 Å². The van der Waals surface area contributed by atoms with Gasteiger partial charge in [-0.25, -0.2) is 8.67 Å². The molecule has 0 aliphatic rings. The number of carbonyl (C=O) groups is 1. The van der Waals surface area contributed by atoms with Crippen molar-refractivity contribution in [3.8, 4) is 0 Å². The molecule has 0 fully saturated rings. The van der Waals surface area contributed by atoms with Crippen LogP contribution in [0, 0.1) is 0 Å². The van der Waals surface area contributed by atoms with Crippen LogP contribution in [0.1, 0.15) is 0 Å². The molecule has 0 bridgehead atoms. The minimum Gasteiger partial charge on any atom is -0.644 e. The van der Waals surface area contributed by atoms with Gasteiger partial charge in [0.2, 0.25) is 0 Å². The fourth-order valence-corrected chi connectivity index (χ4v) is 0.200. The molecule has 0 amide bonds. The van der Waals surface area contributed by atoms with Crippen LogP contribution < -0.4 is 0 Å². The average molecular weight is 140 g/mol. The Balaban J connectivity index is 3.13. The van der Waals surface area contributed by atoms with Crippen LogP contribution in [0.3, 0.4) is 0 Å². The van der Waals surface area contributed by atoms with Gasteiger partial charge in [0, 0.05) is 0 Å². The summed E-state index contributed by atoms with van der Waals surface area (Å²) in [7, 11) is 0. The Labute approximate surface area is 51.1 Å². The molecule has 4 nitrogen and oxygen atoms in total. The minimum absolute atomic E-state index is 0.377. The zero-order valence-corrected chi connectivity index (χ0v) is 4.78. The molecule has 0 aliphatic heterocycles. The molecule has 0 unspecified atom stereocenters. The molecule has 0 spiro atoms. The molecule has 0 saturated carbocycles. The summed E-state index contributed by atoms with van der Waals surface area (Å²) in [6, 6.07) is 0. The smallest absolute Gasteiger partial charge is 0.524 e. The van der Waals surface area contributed by atoms with E-state index in [4.69, 9.17) is 5.11 Å². The normalized spacial score (nSPS) is 9.00. The van der Waals surface area contributed by atoms with Gasteiger partial charge in [0.25, 0.3) is 0 Å². The number of carboxylic acid groups (broad SMARTS) is 1. The highest BCUT2D eigenvalue weighted by Gasteiger charge is 1.90. The van der Waals surface area contributed by atoms with E-state index in [1.807, 2.05) is 0 Å². The highest BCUT2D eigenvalue weighted by atomic mass is 32.2. The summed E-state index contributed by atoms with van der Waals surface area (Å²) >= 11 is 7.33. The third-order valence-corrected chi connectivity index (χ3v) is 0.312. The second kappa shape index (κ2) is 3.00. The third-order valence-electron chi connectivity index (χ3n) is 0.156. The Morgan fingerprint density at radius 2 is 2.43 bits per heavy atom. The lowest BCUT2D eigenvalue weighted by atomic mass is 11.4.